The molecule has 2 aromatic heterocycles. The fourth-order valence-corrected chi connectivity index (χ4v) is 2.65. The molecule has 29 heavy (non-hydrogen) atoms. The van der Waals surface area contributed by atoms with Crippen LogP contribution < -0.4 is 0 Å². The molecule has 0 atom stereocenters. The topological polar surface area (TPSA) is 56.4 Å². The maximum atomic E-state index is 6.71. The van der Waals surface area contributed by atoms with Crippen LogP contribution in [-0.2, 0) is 12.4 Å². The van der Waals surface area contributed by atoms with Crippen molar-refractivity contribution in [3.05, 3.63) is 93.9 Å². The molecular weight excluding hydrogens is 433 g/mol. The Kier molecular flexibility index (Phi) is 7.31. The smallest absolute Gasteiger partial charge is 0.259 e. The first kappa shape index (κ1) is 20.9. The molecule has 0 unspecified atom stereocenters. The van der Waals surface area contributed by atoms with E-state index in [0.29, 0.717) is 33.4 Å². The van der Waals surface area contributed by atoms with E-state index in [1.807, 2.05) is 24.3 Å². The molecule has 0 spiro atoms. The zero-order valence-corrected chi connectivity index (χ0v) is 17.2. The number of alkyl halides is 1. The summed E-state index contributed by atoms with van der Waals surface area (Å²) in [5.74, 6) is 1.44. The number of aromatic nitrogens is 2. The van der Waals surface area contributed by atoms with Crippen molar-refractivity contribution in [2.24, 2.45) is 0 Å². The third kappa shape index (κ3) is 5.85. The molecule has 0 amide bonds. The minimum Gasteiger partial charge on any atom is -0.444 e. The van der Waals surface area contributed by atoms with E-state index < -0.39 is 0 Å². The van der Waals surface area contributed by atoms with Gasteiger partial charge in [-0.3, -0.25) is 0 Å². The average molecular weight is 447 g/mol. The summed E-state index contributed by atoms with van der Waals surface area (Å²) >= 11 is 17.1. The SMILES string of the molecule is ClCc1coc(-c2ccc(Cl)cc2)n1.[C-]#[N+]Cc1coc(-c2ccc(Cl)cc2)n1. The largest absolute Gasteiger partial charge is 0.444 e. The van der Waals surface area contributed by atoms with Crippen molar-refractivity contribution in [3.63, 3.8) is 0 Å². The summed E-state index contributed by atoms with van der Waals surface area (Å²) < 4.78 is 10.5. The standard InChI is InChI=1S/C11H7ClN2O.C10H7Cl2NO/c1-13-6-10-7-15-11(14-10)8-2-4-9(12)5-3-8;11-5-9-6-14-10(13-9)7-1-3-8(12)4-2-7/h2-5,7H,6H2;1-4,6H,5H2. The second-order valence-electron chi connectivity index (χ2n) is 5.75. The van der Waals surface area contributed by atoms with Gasteiger partial charge in [0.05, 0.1) is 11.6 Å². The van der Waals surface area contributed by atoms with Crippen LogP contribution in [0.25, 0.3) is 27.8 Å². The monoisotopic (exact) mass is 445 g/mol. The van der Waals surface area contributed by atoms with Crippen molar-refractivity contribution >= 4 is 34.8 Å². The second-order valence-corrected chi connectivity index (χ2v) is 6.89. The molecule has 0 saturated heterocycles. The van der Waals surface area contributed by atoms with Gasteiger partial charge in [-0.15, -0.1) is 11.6 Å². The third-order valence-electron chi connectivity index (χ3n) is 3.66. The van der Waals surface area contributed by atoms with E-state index in [2.05, 4.69) is 14.8 Å². The van der Waals surface area contributed by atoms with Crippen molar-refractivity contribution in [2.75, 3.05) is 0 Å². The van der Waals surface area contributed by atoms with E-state index >= 15 is 0 Å². The number of oxazole rings is 2. The normalized spacial score (nSPS) is 10.1. The Morgan fingerprint density at radius 2 is 1.21 bits per heavy atom. The lowest BCUT2D eigenvalue weighted by atomic mass is 10.2. The molecule has 0 saturated carbocycles. The van der Waals surface area contributed by atoms with E-state index in [1.165, 1.54) is 6.26 Å². The molecule has 0 aliphatic heterocycles. The Labute approximate surface area is 182 Å². The predicted molar refractivity (Wildman–Crippen MR) is 114 cm³/mol. The van der Waals surface area contributed by atoms with Gasteiger partial charge in [-0.25, -0.2) is 16.5 Å². The van der Waals surface area contributed by atoms with E-state index in [0.717, 1.165) is 16.8 Å². The molecule has 2 aromatic carbocycles. The number of nitrogens with zero attached hydrogens (tertiary/aromatic N) is 3. The van der Waals surface area contributed by atoms with Gasteiger partial charge in [0.25, 0.3) is 6.54 Å². The summed E-state index contributed by atoms with van der Waals surface area (Å²) in [6, 6.07) is 14.5. The van der Waals surface area contributed by atoms with Crippen molar-refractivity contribution in [2.45, 2.75) is 12.4 Å². The van der Waals surface area contributed by atoms with Crippen molar-refractivity contribution in [1.82, 2.24) is 9.97 Å². The van der Waals surface area contributed by atoms with Gasteiger partial charge in [-0.05, 0) is 48.5 Å². The van der Waals surface area contributed by atoms with Crippen LogP contribution >= 0.6 is 34.8 Å². The van der Waals surface area contributed by atoms with E-state index in [-0.39, 0.29) is 6.54 Å². The molecule has 0 aliphatic carbocycles. The fraction of sp³-hybridized carbons (Fsp3) is 0.0952. The molecule has 0 N–H and O–H groups in total. The first-order valence-corrected chi connectivity index (χ1v) is 9.68. The average Bonchev–Trinajstić information content (AvgIpc) is 3.40. The number of rotatable bonds is 4. The maximum absolute atomic E-state index is 6.71. The highest BCUT2D eigenvalue weighted by Crippen LogP contribution is 2.22. The Balaban J connectivity index is 0.000000166. The second kappa shape index (κ2) is 10.1. The minimum atomic E-state index is 0.247. The third-order valence-corrected chi connectivity index (χ3v) is 4.44. The molecule has 8 heteroatoms. The Hall–Kier alpha value is -2.78. The zero-order chi connectivity index (χ0) is 20.6. The van der Waals surface area contributed by atoms with Crippen molar-refractivity contribution in [1.29, 1.82) is 0 Å². The summed E-state index contributed by atoms with van der Waals surface area (Å²) in [6.45, 7) is 6.96. The van der Waals surface area contributed by atoms with E-state index in [1.54, 1.807) is 30.5 Å². The quantitative estimate of drug-likeness (QED) is 0.247. The number of halogens is 3. The van der Waals surface area contributed by atoms with Crippen LogP contribution in [0.3, 0.4) is 0 Å². The van der Waals surface area contributed by atoms with Gasteiger partial charge in [0.15, 0.2) is 5.69 Å². The van der Waals surface area contributed by atoms with Crippen LogP contribution in [0.1, 0.15) is 11.4 Å². The lowest BCUT2D eigenvalue weighted by Crippen LogP contribution is -1.80. The van der Waals surface area contributed by atoms with Gasteiger partial charge in [-0.1, -0.05) is 23.2 Å². The first-order chi connectivity index (χ1) is 14.1. The van der Waals surface area contributed by atoms with Gasteiger partial charge < -0.3 is 13.7 Å². The Morgan fingerprint density at radius 3 is 1.62 bits per heavy atom. The lowest BCUT2D eigenvalue weighted by Gasteiger charge is -1.94. The van der Waals surface area contributed by atoms with E-state index in [9.17, 15) is 0 Å². The first-order valence-electron chi connectivity index (χ1n) is 8.39. The highest BCUT2D eigenvalue weighted by Gasteiger charge is 2.07. The van der Waals surface area contributed by atoms with Crippen molar-refractivity contribution < 1.29 is 8.83 Å². The van der Waals surface area contributed by atoms with Gasteiger partial charge in [0.1, 0.15) is 12.5 Å². The molecule has 0 radical (unpaired) electrons. The van der Waals surface area contributed by atoms with Crippen LogP contribution in [-0.4, -0.2) is 9.97 Å². The van der Waals surface area contributed by atoms with Crippen LogP contribution in [0.15, 0.2) is 69.9 Å². The molecular formula is C21H14Cl3N3O2. The summed E-state index contributed by atoms with van der Waals surface area (Å²) in [7, 11) is 0. The number of hydrogen-bond acceptors (Lipinski definition) is 4. The molecule has 4 aromatic rings. The summed E-state index contributed by atoms with van der Waals surface area (Å²) in [5.41, 5.74) is 3.13. The minimum absolute atomic E-state index is 0.247. The summed E-state index contributed by atoms with van der Waals surface area (Å²) in [5, 5.41) is 1.37. The summed E-state index contributed by atoms with van der Waals surface area (Å²) in [4.78, 5) is 11.6. The number of benzene rings is 2. The van der Waals surface area contributed by atoms with Gasteiger partial charge >= 0.3 is 0 Å². The molecule has 0 aliphatic rings. The Morgan fingerprint density at radius 1 is 0.759 bits per heavy atom. The zero-order valence-electron chi connectivity index (χ0n) is 15.0. The van der Waals surface area contributed by atoms with Gasteiger partial charge in [0, 0.05) is 21.2 Å². The van der Waals surface area contributed by atoms with Crippen LogP contribution in [0.5, 0.6) is 0 Å². The van der Waals surface area contributed by atoms with Gasteiger partial charge in [-0.2, -0.15) is 0 Å². The highest BCUT2D eigenvalue weighted by atomic mass is 35.5. The highest BCUT2D eigenvalue weighted by molar-refractivity contribution is 6.30. The Bertz CT molecular complexity index is 1100. The van der Waals surface area contributed by atoms with Crippen LogP contribution in [0, 0.1) is 6.57 Å². The van der Waals surface area contributed by atoms with Crippen molar-refractivity contribution in [3.8, 4) is 22.9 Å². The summed E-state index contributed by atoms with van der Waals surface area (Å²) in [6.07, 6.45) is 3.05. The van der Waals surface area contributed by atoms with Crippen LogP contribution in [0.4, 0.5) is 0 Å². The predicted octanol–water partition coefficient (Wildman–Crippen LogP) is 7.15. The maximum Gasteiger partial charge on any atom is 0.259 e. The molecule has 5 nitrogen and oxygen atoms in total. The van der Waals surface area contributed by atoms with Crippen LogP contribution in [0.2, 0.25) is 10.0 Å². The fourth-order valence-electron chi connectivity index (χ4n) is 2.28. The molecule has 146 valence electrons. The molecule has 0 bridgehead atoms. The molecule has 4 rings (SSSR count). The van der Waals surface area contributed by atoms with Gasteiger partial charge in [0.2, 0.25) is 11.8 Å². The lowest BCUT2D eigenvalue weighted by molar-refractivity contribution is 0.573. The molecule has 0 fully saturated rings. The number of hydrogen-bond donors (Lipinski definition) is 0. The molecule has 2 heterocycles. The van der Waals surface area contributed by atoms with E-state index in [4.69, 9.17) is 50.2 Å².